The zero-order valence-electron chi connectivity index (χ0n) is 13.4. The van der Waals surface area contributed by atoms with Crippen molar-refractivity contribution in [3.05, 3.63) is 59.2 Å². The summed E-state index contributed by atoms with van der Waals surface area (Å²) in [4.78, 5) is 22.9. The second kappa shape index (κ2) is 6.84. The molecule has 0 unspecified atom stereocenters. The predicted octanol–water partition coefficient (Wildman–Crippen LogP) is 3.50. The third-order valence-corrected chi connectivity index (χ3v) is 3.97. The van der Waals surface area contributed by atoms with Gasteiger partial charge >= 0.3 is 0 Å². The number of amides is 1. The zero-order valence-corrected chi connectivity index (χ0v) is 14.1. The van der Waals surface area contributed by atoms with Crippen molar-refractivity contribution in [1.82, 2.24) is 9.97 Å². The second-order valence-electron chi connectivity index (χ2n) is 5.30. The topological polar surface area (TPSA) is 55.3 Å². The van der Waals surface area contributed by atoms with Crippen molar-refractivity contribution in [3.63, 3.8) is 0 Å². The molecule has 3 rings (SSSR count). The Balaban J connectivity index is 1.85. The van der Waals surface area contributed by atoms with Gasteiger partial charge in [0.05, 0.1) is 30.8 Å². The van der Waals surface area contributed by atoms with Crippen LogP contribution in [0, 0.1) is 0 Å². The number of hydrogen-bond donors (Lipinski definition) is 0. The summed E-state index contributed by atoms with van der Waals surface area (Å²) in [6.07, 6.45) is 1.75. The van der Waals surface area contributed by atoms with Crippen molar-refractivity contribution in [1.29, 1.82) is 0 Å². The minimum absolute atomic E-state index is 0.125. The Morgan fingerprint density at radius 3 is 2.71 bits per heavy atom. The molecule has 0 radical (unpaired) electrons. The molecule has 122 valence electrons. The molecule has 1 aromatic heterocycles. The van der Waals surface area contributed by atoms with Crippen LogP contribution in [-0.2, 0) is 11.2 Å². The average molecular weight is 342 g/mol. The molecule has 3 aromatic rings. The molecule has 1 amide bonds. The van der Waals surface area contributed by atoms with Crippen LogP contribution in [0.2, 0.25) is 5.02 Å². The fourth-order valence-electron chi connectivity index (χ4n) is 2.40. The third-order valence-electron chi connectivity index (χ3n) is 3.74. The van der Waals surface area contributed by atoms with E-state index < -0.39 is 0 Å². The van der Waals surface area contributed by atoms with E-state index >= 15 is 0 Å². The summed E-state index contributed by atoms with van der Waals surface area (Å²) in [6.45, 7) is 0. The van der Waals surface area contributed by atoms with Crippen LogP contribution in [0.25, 0.3) is 11.0 Å². The van der Waals surface area contributed by atoms with Gasteiger partial charge in [0.15, 0.2) is 5.82 Å². The highest BCUT2D eigenvalue weighted by molar-refractivity contribution is 6.30. The number of methoxy groups -OCH3 is 1. The van der Waals surface area contributed by atoms with Crippen molar-refractivity contribution in [3.8, 4) is 5.75 Å². The molecular formula is C18H16ClN3O2. The van der Waals surface area contributed by atoms with Gasteiger partial charge in [0, 0.05) is 17.6 Å². The van der Waals surface area contributed by atoms with Crippen LogP contribution in [0.5, 0.6) is 5.75 Å². The number of halogens is 1. The lowest BCUT2D eigenvalue weighted by atomic mass is 10.1. The lowest BCUT2D eigenvalue weighted by Crippen LogP contribution is -2.29. The molecule has 0 aliphatic rings. The normalized spacial score (nSPS) is 10.6. The number of carbonyl (C=O) groups is 1. The Bertz CT molecular complexity index is 898. The van der Waals surface area contributed by atoms with E-state index in [0.29, 0.717) is 16.6 Å². The summed E-state index contributed by atoms with van der Waals surface area (Å²) >= 11 is 6.02. The third kappa shape index (κ3) is 3.31. The molecule has 0 bridgehead atoms. The van der Waals surface area contributed by atoms with Gasteiger partial charge in [-0.25, -0.2) is 4.98 Å². The first-order chi connectivity index (χ1) is 11.6. The number of anilines is 1. The van der Waals surface area contributed by atoms with Gasteiger partial charge in [-0.2, -0.15) is 0 Å². The maximum absolute atomic E-state index is 12.6. The van der Waals surface area contributed by atoms with E-state index in [2.05, 4.69) is 9.97 Å². The Labute approximate surface area is 144 Å². The molecule has 0 N–H and O–H groups in total. The fourth-order valence-corrected chi connectivity index (χ4v) is 2.60. The SMILES string of the molecule is COc1ccc(Cl)cc1CC(=O)N(C)c1cnc2ccccc2n1. The van der Waals surface area contributed by atoms with Crippen LogP contribution >= 0.6 is 11.6 Å². The van der Waals surface area contributed by atoms with Gasteiger partial charge in [-0.15, -0.1) is 0 Å². The minimum Gasteiger partial charge on any atom is -0.496 e. The molecule has 1 heterocycles. The Morgan fingerprint density at radius 2 is 1.96 bits per heavy atom. The van der Waals surface area contributed by atoms with Gasteiger partial charge in [-0.3, -0.25) is 14.7 Å². The largest absolute Gasteiger partial charge is 0.496 e. The Morgan fingerprint density at radius 1 is 1.21 bits per heavy atom. The monoisotopic (exact) mass is 341 g/mol. The summed E-state index contributed by atoms with van der Waals surface area (Å²) in [5.74, 6) is 1.01. The zero-order chi connectivity index (χ0) is 17.1. The lowest BCUT2D eigenvalue weighted by Gasteiger charge is -2.17. The van der Waals surface area contributed by atoms with Crippen LogP contribution < -0.4 is 9.64 Å². The Hall–Kier alpha value is -2.66. The first-order valence-electron chi connectivity index (χ1n) is 7.39. The molecule has 6 heteroatoms. The highest BCUT2D eigenvalue weighted by Gasteiger charge is 2.16. The van der Waals surface area contributed by atoms with E-state index in [1.54, 1.807) is 38.6 Å². The molecule has 5 nitrogen and oxygen atoms in total. The molecule has 24 heavy (non-hydrogen) atoms. The summed E-state index contributed by atoms with van der Waals surface area (Å²) < 4.78 is 5.29. The van der Waals surface area contributed by atoms with E-state index in [1.165, 1.54) is 4.90 Å². The number of ether oxygens (including phenoxy) is 1. The molecule has 0 aliphatic carbocycles. The molecular weight excluding hydrogens is 326 g/mol. The molecule has 0 saturated carbocycles. The minimum atomic E-state index is -0.125. The van der Waals surface area contributed by atoms with E-state index in [0.717, 1.165) is 16.6 Å². The van der Waals surface area contributed by atoms with Gasteiger partial charge in [0.1, 0.15) is 5.75 Å². The molecule has 0 atom stereocenters. The van der Waals surface area contributed by atoms with Crippen LogP contribution in [0.15, 0.2) is 48.7 Å². The summed E-state index contributed by atoms with van der Waals surface area (Å²) in [6, 6.07) is 12.7. The maximum atomic E-state index is 12.6. The first-order valence-corrected chi connectivity index (χ1v) is 7.77. The quantitative estimate of drug-likeness (QED) is 0.728. The molecule has 2 aromatic carbocycles. The van der Waals surface area contributed by atoms with Crippen LogP contribution in [0.1, 0.15) is 5.56 Å². The number of aromatic nitrogens is 2. The number of fused-ring (bicyclic) bond motifs is 1. The molecule has 0 saturated heterocycles. The number of para-hydroxylation sites is 2. The van der Waals surface area contributed by atoms with E-state index in [-0.39, 0.29) is 12.3 Å². The summed E-state index contributed by atoms with van der Waals surface area (Å²) in [7, 11) is 3.24. The van der Waals surface area contributed by atoms with Crippen molar-refractivity contribution in [2.45, 2.75) is 6.42 Å². The number of carbonyl (C=O) groups excluding carboxylic acids is 1. The molecule has 0 aliphatic heterocycles. The van der Waals surface area contributed by atoms with Crippen molar-refractivity contribution in [2.24, 2.45) is 0 Å². The number of benzene rings is 2. The average Bonchev–Trinajstić information content (AvgIpc) is 2.61. The van der Waals surface area contributed by atoms with Gasteiger partial charge < -0.3 is 4.74 Å². The van der Waals surface area contributed by atoms with Crippen molar-refractivity contribution < 1.29 is 9.53 Å². The number of likely N-dealkylation sites (N-methyl/N-ethyl adjacent to an activating group) is 1. The Kier molecular flexibility index (Phi) is 4.62. The van der Waals surface area contributed by atoms with Crippen LogP contribution in [0.3, 0.4) is 0 Å². The molecule has 0 fully saturated rings. The van der Waals surface area contributed by atoms with Gasteiger partial charge in [-0.05, 0) is 30.3 Å². The van der Waals surface area contributed by atoms with E-state index in [1.807, 2.05) is 24.3 Å². The number of rotatable bonds is 4. The fraction of sp³-hybridized carbons (Fsp3) is 0.167. The van der Waals surface area contributed by atoms with Gasteiger partial charge in [0.2, 0.25) is 5.91 Å². The van der Waals surface area contributed by atoms with Crippen molar-refractivity contribution >= 4 is 34.4 Å². The predicted molar refractivity (Wildman–Crippen MR) is 94.7 cm³/mol. The smallest absolute Gasteiger partial charge is 0.232 e. The van der Waals surface area contributed by atoms with Crippen molar-refractivity contribution in [2.75, 3.05) is 19.1 Å². The highest BCUT2D eigenvalue weighted by Crippen LogP contribution is 2.24. The maximum Gasteiger partial charge on any atom is 0.232 e. The first kappa shape index (κ1) is 16.2. The standard InChI is InChI=1S/C18H16ClN3O2/c1-22(17-11-20-14-5-3-4-6-15(14)21-17)18(23)10-12-9-13(19)7-8-16(12)24-2/h3-9,11H,10H2,1-2H3. The highest BCUT2D eigenvalue weighted by atomic mass is 35.5. The van der Waals surface area contributed by atoms with E-state index in [9.17, 15) is 4.79 Å². The summed E-state index contributed by atoms with van der Waals surface area (Å²) in [5, 5.41) is 0.562. The van der Waals surface area contributed by atoms with E-state index in [4.69, 9.17) is 16.3 Å². The van der Waals surface area contributed by atoms with Crippen LogP contribution in [-0.4, -0.2) is 30.0 Å². The van der Waals surface area contributed by atoms with Gasteiger partial charge in [0.25, 0.3) is 0 Å². The number of nitrogens with zero attached hydrogens (tertiary/aromatic N) is 3. The number of hydrogen-bond acceptors (Lipinski definition) is 4. The molecule has 0 spiro atoms. The second-order valence-corrected chi connectivity index (χ2v) is 5.74. The van der Waals surface area contributed by atoms with Gasteiger partial charge in [-0.1, -0.05) is 23.7 Å². The van der Waals surface area contributed by atoms with Crippen LogP contribution in [0.4, 0.5) is 5.82 Å². The lowest BCUT2D eigenvalue weighted by molar-refractivity contribution is -0.117. The summed E-state index contributed by atoms with van der Waals surface area (Å²) in [5.41, 5.74) is 2.27.